The summed E-state index contributed by atoms with van der Waals surface area (Å²) in [5.41, 5.74) is 5.23. The Morgan fingerprint density at radius 2 is 0.829 bits per heavy atom. The molecule has 2 heteroatoms. The molecule has 2 nitrogen and oxygen atoms in total. The highest BCUT2D eigenvalue weighted by molar-refractivity contribution is 5.48. The van der Waals surface area contributed by atoms with E-state index < -0.39 is 0 Å². The minimum atomic E-state index is 0.538. The summed E-state index contributed by atoms with van der Waals surface area (Å²) in [6.07, 6.45) is 19.9. The van der Waals surface area contributed by atoms with E-state index in [0.717, 1.165) is 6.42 Å². The lowest BCUT2D eigenvalue weighted by Crippen LogP contribution is -2.14. The van der Waals surface area contributed by atoms with Crippen LogP contribution >= 0.6 is 0 Å². The maximum Gasteiger partial charge on any atom is 0.0342 e. The van der Waals surface area contributed by atoms with Gasteiger partial charge in [0.15, 0.2) is 0 Å². The van der Waals surface area contributed by atoms with Gasteiger partial charge in [0.05, 0.1) is 0 Å². The Morgan fingerprint density at radius 3 is 1.20 bits per heavy atom. The standard InChI is InChI=1S/C33H54N2/c1-5-7-9-11-13-15-17-28(3)34-32-23-19-30(20-24-32)27-31-21-25-33(26-22-31)35-29(4)18-16-14-12-10-8-6-2/h19-26,28-29,34-35H,5-18,27H2,1-4H3. The summed E-state index contributed by atoms with van der Waals surface area (Å²) in [5, 5.41) is 7.36. The zero-order valence-electron chi connectivity index (χ0n) is 23.4. The van der Waals surface area contributed by atoms with E-state index in [-0.39, 0.29) is 0 Å². The second-order valence-corrected chi connectivity index (χ2v) is 10.8. The van der Waals surface area contributed by atoms with Crippen molar-refractivity contribution in [2.45, 2.75) is 136 Å². The average molecular weight is 479 g/mol. The molecule has 0 amide bonds. The predicted octanol–water partition coefficient (Wildman–Crippen LogP) is 10.4. The van der Waals surface area contributed by atoms with E-state index in [9.17, 15) is 0 Å². The Morgan fingerprint density at radius 1 is 0.486 bits per heavy atom. The Bertz CT molecular complexity index is 684. The van der Waals surface area contributed by atoms with Crippen molar-refractivity contribution in [2.75, 3.05) is 10.6 Å². The highest BCUT2D eigenvalue weighted by Crippen LogP contribution is 2.19. The van der Waals surface area contributed by atoms with Crippen LogP contribution in [0.25, 0.3) is 0 Å². The topological polar surface area (TPSA) is 24.1 Å². The van der Waals surface area contributed by atoms with E-state index in [1.54, 1.807) is 0 Å². The van der Waals surface area contributed by atoms with Gasteiger partial charge in [-0.3, -0.25) is 0 Å². The number of benzene rings is 2. The minimum absolute atomic E-state index is 0.538. The molecular formula is C33H54N2. The summed E-state index contributed by atoms with van der Waals surface area (Å²) in [4.78, 5) is 0. The van der Waals surface area contributed by atoms with Crippen molar-refractivity contribution >= 4 is 11.4 Å². The summed E-state index contributed by atoms with van der Waals surface area (Å²) < 4.78 is 0. The molecule has 0 fully saturated rings. The summed E-state index contributed by atoms with van der Waals surface area (Å²) in [7, 11) is 0. The average Bonchev–Trinajstić information content (AvgIpc) is 2.86. The molecule has 35 heavy (non-hydrogen) atoms. The third-order valence-corrected chi connectivity index (χ3v) is 7.12. The highest BCUT2D eigenvalue weighted by atomic mass is 14.9. The van der Waals surface area contributed by atoms with Crippen LogP contribution in [0.1, 0.15) is 129 Å². The SMILES string of the molecule is CCCCCCCCC(C)Nc1ccc(Cc2ccc(NC(C)CCCCCCCC)cc2)cc1. The molecule has 2 aromatic rings. The number of nitrogens with one attached hydrogen (secondary N) is 2. The summed E-state index contributed by atoms with van der Waals surface area (Å²) in [6, 6.07) is 19.1. The fourth-order valence-corrected chi connectivity index (χ4v) is 4.85. The van der Waals surface area contributed by atoms with E-state index in [0.29, 0.717) is 12.1 Å². The van der Waals surface area contributed by atoms with Gasteiger partial charge in [-0.25, -0.2) is 0 Å². The Balaban J connectivity index is 1.66. The van der Waals surface area contributed by atoms with Crippen LogP contribution in [0.15, 0.2) is 48.5 Å². The lowest BCUT2D eigenvalue weighted by Gasteiger charge is -2.16. The largest absolute Gasteiger partial charge is 0.383 e. The van der Waals surface area contributed by atoms with Crippen LogP contribution in [0.5, 0.6) is 0 Å². The molecule has 0 bridgehead atoms. The predicted molar refractivity (Wildman–Crippen MR) is 158 cm³/mol. The number of hydrogen-bond acceptors (Lipinski definition) is 2. The fourth-order valence-electron chi connectivity index (χ4n) is 4.85. The molecule has 0 radical (unpaired) electrons. The minimum Gasteiger partial charge on any atom is -0.383 e. The molecule has 0 aromatic heterocycles. The summed E-state index contributed by atoms with van der Waals surface area (Å²) in [6.45, 7) is 9.18. The van der Waals surface area contributed by atoms with Gasteiger partial charge in [0, 0.05) is 23.5 Å². The van der Waals surface area contributed by atoms with E-state index >= 15 is 0 Å². The second kappa shape index (κ2) is 18.3. The monoisotopic (exact) mass is 478 g/mol. The van der Waals surface area contributed by atoms with Crippen LogP contribution in [0.2, 0.25) is 0 Å². The van der Waals surface area contributed by atoms with Crippen molar-refractivity contribution in [3.63, 3.8) is 0 Å². The van der Waals surface area contributed by atoms with Gasteiger partial charge in [-0.1, -0.05) is 115 Å². The van der Waals surface area contributed by atoms with E-state index in [1.165, 1.54) is 112 Å². The van der Waals surface area contributed by atoms with Crippen molar-refractivity contribution in [1.82, 2.24) is 0 Å². The van der Waals surface area contributed by atoms with Gasteiger partial charge in [-0.2, -0.15) is 0 Å². The molecule has 196 valence electrons. The summed E-state index contributed by atoms with van der Waals surface area (Å²) in [5.74, 6) is 0. The molecule has 0 spiro atoms. The van der Waals surface area contributed by atoms with Crippen LogP contribution in [0.3, 0.4) is 0 Å². The highest BCUT2D eigenvalue weighted by Gasteiger charge is 2.05. The van der Waals surface area contributed by atoms with E-state index in [2.05, 4.69) is 86.9 Å². The first kappa shape index (κ1) is 29.3. The third kappa shape index (κ3) is 13.6. The number of rotatable bonds is 20. The Kier molecular flexibility index (Phi) is 15.3. The third-order valence-electron chi connectivity index (χ3n) is 7.12. The first-order valence-corrected chi connectivity index (χ1v) is 14.8. The molecule has 0 aliphatic rings. The zero-order valence-corrected chi connectivity index (χ0v) is 23.4. The molecule has 0 saturated heterocycles. The van der Waals surface area contributed by atoms with Gasteiger partial charge in [0.1, 0.15) is 0 Å². The zero-order chi connectivity index (χ0) is 25.1. The molecule has 0 aliphatic heterocycles. The van der Waals surface area contributed by atoms with Gasteiger partial charge in [-0.05, 0) is 68.5 Å². The first-order valence-electron chi connectivity index (χ1n) is 14.8. The van der Waals surface area contributed by atoms with Crippen LogP contribution in [0.4, 0.5) is 11.4 Å². The van der Waals surface area contributed by atoms with Crippen molar-refractivity contribution < 1.29 is 0 Å². The molecule has 0 saturated carbocycles. The number of anilines is 2. The van der Waals surface area contributed by atoms with Crippen LogP contribution in [-0.2, 0) is 6.42 Å². The van der Waals surface area contributed by atoms with Crippen molar-refractivity contribution in [1.29, 1.82) is 0 Å². The lowest BCUT2D eigenvalue weighted by molar-refractivity contribution is 0.567. The summed E-state index contributed by atoms with van der Waals surface area (Å²) >= 11 is 0. The Hall–Kier alpha value is -1.96. The van der Waals surface area contributed by atoms with Crippen LogP contribution < -0.4 is 10.6 Å². The Labute approximate surface area is 217 Å². The van der Waals surface area contributed by atoms with Gasteiger partial charge >= 0.3 is 0 Å². The van der Waals surface area contributed by atoms with Crippen molar-refractivity contribution in [2.24, 2.45) is 0 Å². The smallest absolute Gasteiger partial charge is 0.0342 e. The molecule has 2 atom stereocenters. The van der Waals surface area contributed by atoms with Gasteiger partial charge in [0.25, 0.3) is 0 Å². The van der Waals surface area contributed by atoms with Gasteiger partial charge < -0.3 is 10.6 Å². The maximum atomic E-state index is 3.68. The molecule has 0 heterocycles. The normalized spacial score (nSPS) is 12.9. The van der Waals surface area contributed by atoms with E-state index in [1.807, 2.05) is 0 Å². The molecule has 2 unspecified atom stereocenters. The quantitative estimate of drug-likeness (QED) is 0.185. The molecule has 0 aliphatic carbocycles. The van der Waals surface area contributed by atoms with Crippen LogP contribution in [0, 0.1) is 0 Å². The van der Waals surface area contributed by atoms with Crippen LogP contribution in [-0.4, -0.2) is 12.1 Å². The van der Waals surface area contributed by atoms with Crippen molar-refractivity contribution in [3.8, 4) is 0 Å². The van der Waals surface area contributed by atoms with Crippen molar-refractivity contribution in [3.05, 3.63) is 59.7 Å². The van der Waals surface area contributed by atoms with Gasteiger partial charge in [0.2, 0.25) is 0 Å². The fraction of sp³-hybridized carbons (Fsp3) is 0.636. The van der Waals surface area contributed by atoms with E-state index in [4.69, 9.17) is 0 Å². The maximum absolute atomic E-state index is 3.68. The molecule has 2 aromatic carbocycles. The first-order chi connectivity index (χ1) is 17.1. The molecular weight excluding hydrogens is 424 g/mol. The van der Waals surface area contributed by atoms with Gasteiger partial charge in [-0.15, -0.1) is 0 Å². The number of unbranched alkanes of at least 4 members (excludes halogenated alkanes) is 10. The molecule has 2 rings (SSSR count). The number of hydrogen-bond donors (Lipinski definition) is 2. The second-order valence-electron chi connectivity index (χ2n) is 10.8. The lowest BCUT2D eigenvalue weighted by atomic mass is 10.0. The molecule has 2 N–H and O–H groups in total.